The zero-order chi connectivity index (χ0) is 12.3. The number of methoxy groups -OCH3 is 1. The molecule has 0 rings (SSSR count). The van der Waals surface area contributed by atoms with E-state index in [0.717, 1.165) is 13.2 Å². The van der Waals surface area contributed by atoms with Crippen molar-refractivity contribution in [1.82, 2.24) is 4.90 Å². The smallest absolute Gasteiger partial charge is 0.0538 e. The van der Waals surface area contributed by atoms with E-state index in [1.54, 1.807) is 7.11 Å². The van der Waals surface area contributed by atoms with E-state index >= 15 is 0 Å². The molecular formula is C13H29NO. The third-order valence-corrected chi connectivity index (χ3v) is 3.60. The first-order chi connectivity index (χ1) is 6.67. The number of hydrogen-bond donors (Lipinski definition) is 0. The van der Waals surface area contributed by atoms with Crippen molar-refractivity contribution >= 4 is 0 Å². The monoisotopic (exact) mass is 215 g/mol. The highest BCUT2D eigenvalue weighted by Gasteiger charge is 2.44. The van der Waals surface area contributed by atoms with Crippen LogP contribution in [-0.2, 0) is 4.74 Å². The molecule has 2 heteroatoms. The predicted molar refractivity (Wildman–Crippen MR) is 67.2 cm³/mol. The molecule has 0 amide bonds. The first kappa shape index (κ1) is 14.9. The van der Waals surface area contributed by atoms with E-state index in [-0.39, 0.29) is 10.8 Å². The number of nitrogens with zero attached hydrogens (tertiary/aromatic N) is 1. The minimum absolute atomic E-state index is 0.214. The summed E-state index contributed by atoms with van der Waals surface area (Å²) in [5.74, 6) is 0.611. The van der Waals surface area contributed by atoms with Crippen LogP contribution in [0.15, 0.2) is 0 Å². The summed E-state index contributed by atoms with van der Waals surface area (Å²) in [5.41, 5.74) is 0.465. The molecule has 92 valence electrons. The largest absolute Gasteiger partial charge is 0.384 e. The van der Waals surface area contributed by atoms with Crippen LogP contribution in [0.4, 0.5) is 0 Å². The van der Waals surface area contributed by atoms with Crippen LogP contribution in [0.2, 0.25) is 0 Å². The Balaban J connectivity index is 5.08. The Labute approximate surface area is 96.0 Å². The fourth-order valence-corrected chi connectivity index (χ4v) is 2.54. The Morgan fingerprint density at radius 3 is 1.80 bits per heavy atom. The molecular weight excluding hydrogens is 186 g/mol. The molecule has 0 aromatic rings. The van der Waals surface area contributed by atoms with Crippen molar-refractivity contribution in [1.29, 1.82) is 0 Å². The van der Waals surface area contributed by atoms with Crippen LogP contribution in [0.25, 0.3) is 0 Å². The maximum atomic E-state index is 5.47. The molecule has 0 aliphatic carbocycles. The van der Waals surface area contributed by atoms with E-state index in [1.165, 1.54) is 0 Å². The van der Waals surface area contributed by atoms with Crippen LogP contribution >= 0.6 is 0 Å². The van der Waals surface area contributed by atoms with E-state index < -0.39 is 0 Å². The second kappa shape index (κ2) is 5.31. The molecule has 0 aliphatic rings. The maximum absolute atomic E-state index is 5.47. The van der Waals surface area contributed by atoms with Gasteiger partial charge in [0.2, 0.25) is 0 Å². The molecule has 1 unspecified atom stereocenters. The van der Waals surface area contributed by atoms with Crippen LogP contribution < -0.4 is 0 Å². The lowest BCUT2D eigenvalue weighted by molar-refractivity contribution is -0.0589. The first-order valence-corrected chi connectivity index (χ1v) is 5.81. The molecule has 0 aliphatic heterocycles. The Bertz CT molecular complexity index is 181. The second-order valence-electron chi connectivity index (χ2n) is 6.23. The van der Waals surface area contributed by atoms with Gasteiger partial charge in [0.15, 0.2) is 0 Å². The molecule has 2 nitrogen and oxygen atoms in total. The molecule has 1 atom stereocenters. The third-order valence-electron chi connectivity index (χ3n) is 3.60. The lowest BCUT2D eigenvalue weighted by Crippen LogP contribution is -2.50. The van der Waals surface area contributed by atoms with Gasteiger partial charge in [-0.2, -0.15) is 0 Å². The van der Waals surface area contributed by atoms with Crippen molar-refractivity contribution in [2.45, 2.75) is 34.6 Å². The average Bonchev–Trinajstić information content (AvgIpc) is 1.99. The van der Waals surface area contributed by atoms with Gasteiger partial charge in [-0.3, -0.25) is 0 Å². The zero-order valence-corrected chi connectivity index (χ0v) is 11.8. The summed E-state index contributed by atoms with van der Waals surface area (Å²) >= 11 is 0. The van der Waals surface area contributed by atoms with E-state index in [9.17, 15) is 0 Å². The summed E-state index contributed by atoms with van der Waals surface area (Å²) in [7, 11) is 6.08. The average molecular weight is 215 g/mol. The summed E-state index contributed by atoms with van der Waals surface area (Å²) in [6, 6.07) is 0. The van der Waals surface area contributed by atoms with Crippen molar-refractivity contribution in [2.75, 3.05) is 34.4 Å². The molecule has 0 fully saturated rings. The molecule has 15 heavy (non-hydrogen) atoms. The van der Waals surface area contributed by atoms with Gasteiger partial charge in [0, 0.05) is 19.1 Å². The lowest BCUT2D eigenvalue weighted by Gasteiger charge is -2.49. The van der Waals surface area contributed by atoms with E-state index in [1.807, 2.05) is 0 Å². The van der Waals surface area contributed by atoms with Gasteiger partial charge in [0.1, 0.15) is 0 Å². The van der Waals surface area contributed by atoms with Gasteiger partial charge >= 0.3 is 0 Å². The Morgan fingerprint density at radius 2 is 1.60 bits per heavy atom. The second-order valence-corrected chi connectivity index (χ2v) is 6.23. The van der Waals surface area contributed by atoms with Crippen molar-refractivity contribution in [2.24, 2.45) is 16.7 Å². The van der Waals surface area contributed by atoms with Gasteiger partial charge in [0.05, 0.1) is 6.61 Å². The quantitative estimate of drug-likeness (QED) is 0.699. The molecule has 0 spiro atoms. The first-order valence-electron chi connectivity index (χ1n) is 5.81. The highest BCUT2D eigenvalue weighted by molar-refractivity contribution is 4.94. The molecule has 0 bridgehead atoms. The van der Waals surface area contributed by atoms with Crippen LogP contribution in [0.3, 0.4) is 0 Å². The van der Waals surface area contributed by atoms with Gasteiger partial charge in [-0.25, -0.2) is 0 Å². The van der Waals surface area contributed by atoms with Gasteiger partial charge in [-0.05, 0) is 25.4 Å². The summed E-state index contributed by atoms with van der Waals surface area (Å²) in [6.45, 7) is 13.4. The fraction of sp³-hybridized carbons (Fsp3) is 1.00. The summed E-state index contributed by atoms with van der Waals surface area (Å²) in [4.78, 5) is 2.27. The number of rotatable bonds is 5. The minimum Gasteiger partial charge on any atom is -0.384 e. The van der Waals surface area contributed by atoms with Gasteiger partial charge in [-0.1, -0.05) is 34.6 Å². The van der Waals surface area contributed by atoms with Crippen molar-refractivity contribution < 1.29 is 4.74 Å². The molecule has 0 N–H and O–H groups in total. The van der Waals surface area contributed by atoms with Crippen LogP contribution in [-0.4, -0.2) is 39.3 Å². The highest BCUT2D eigenvalue weighted by Crippen LogP contribution is 2.45. The number of ether oxygens (including phenoxy) is 1. The minimum atomic E-state index is 0.214. The Morgan fingerprint density at radius 1 is 1.13 bits per heavy atom. The van der Waals surface area contributed by atoms with Gasteiger partial charge < -0.3 is 9.64 Å². The van der Waals surface area contributed by atoms with Crippen LogP contribution in [0, 0.1) is 16.7 Å². The van der Waals surface area contributed by atoms with Crippen molar-refractivity contribution in [3.8, 4) is 0 Å². The molecule has 0 radical (unpaired) electrons. The Kier molecular flexibility index (Phi) is 5.28. The van der Waals surface area contributed by atoms with Gasteiger partial charge in [0.25, 0.3) is 0 Å². The van der Waals surface area contributed by atoms with Crippen molar-refractivity contribution in [3.63, 3.8) is 0 Å². The van der Waals surface area contributed by atoms with Crippen molar-refractivity contribution in [3.05, 3.63) is 0 Å². The highest BCUT2D eigenvalue weighted by atomic mass is 16.5. The molecule has 0 heterocycles. The summed E-state index contributed by atoms with van der Waals surface area (Å²) < 4.78 is 5.47. The molecule has 0 aromatic heterocycles. The third kappa shape index (κ3) is 3.46. The van der Waals surface area contributed by atoms with Crippen LogP contribution in [0.5, 0.6) is 0 Å². The predicted octanol–water partition coefficient (Wildman–Crippen LogP) is 2.88. The lowest BCUT2D eigenvalue weighted by atomic mass is 9.60. The molecule has 0 saturated carbocycles. The fourth-order valence-electron chi connectivity index (χ4n) is 2.54. The number of hydrogen-bond acceptors (Lipinski definition) is 2. The maximum Gasteiger partial charge on any atom is 0.0538 e. The van der Waals surface area contributed by atoms with E-state index in [2.05, 4.69) is 53.6 Å². The van der Waals surface area contributed by atoms with Gasteiger partial charge in [-0.15, -0.1) is 0 Å². The topological polar surface area (TPSA) is 12.5 Å². The molecule has 0 saturated heterocycles. The standard InChI is InChI=1S/C13H29NO/c1-11(2)13(10-15-8,9-14(6)7)12(3,4)5/h11H,9-10H2,1-8H3. The Hall–Kier alpha value is -0.0800. The van der Waals surface area contributed by atoms with Crippen LogP contribution in [0.1, 0.15) is 34.6 Å². The summed E-state index contributed by atoms with van der Waals surface area (Å²) in [6.07, 6.45) is 0. The van der Waals surface area contributed by atoms with E-state index in [0.29, 0.717) is 5.92 Å². The normalized spacial score (nSPS) is 17.2. The van der Waals surface area contributed by atoms with E-state index in [4.69, 9.17) is 4.74 Å². The zero-order valence-electron chi connectivity index (χ0n) is 11.8. The SMILES string of the molecule is COCC(CN(C)C)(C(C)C)C(C)(C)C. The molecule has 0 aromatic carbocycles. The summed E-state index contributed by atoms with van der Waals surface area (Å²) in [5, 5.41) is 0.